The van der Waals surface area contributed by atoms with E-state index >= 15 is 0 Å². The molecule has 5 heteroatoms. The van der Waals surface area contributed by atoms with E-state index in [1.807, 2.05) is 34.9 Å². The first kappa shape index (κ1) is 14.7. The molecule has 1 saturated heterocycles. The molecule has 1 aromatic carbocycles. The zero-order valence-electron chi connectivity index (χ0n) is 12.2. The lowest BCUT2D eigenvalue weighted by atomic mass is 10.3. The molecule has 0 spiro atoms. The molecule has 0 unspecified atom stereocenters. The van der Waals surface area contributed by atoms with Gasteiger partial charge in [-0.3, -0.25) is 0 Å². The summed E-state index contributed by atoms with van der Waals surface area (Å²) in [6, 6.07) is 8.11. The highest BCUT2D eigenvalue weighted by Crippen LogP contribution is 2.38. The molecule has 1 heterocycles. The molecule has 2 amide bonds. The molecule has 0 aromatic heterocycles. The monoisotopic (exact) mass is 306 g/mol. The Morgan fingerprint density at radius 2 is 1.90 bits per heavy atom. The van der Waals surface area contributed by atoms with Gasteiger partial charge in [0.05, 0.1) is 18.9 Å². The van der Waals surface area contributed by atoms with E-state index in [-0.39, 0.29) is 6.03 Å². The number of nitrogens with one attached hydrogen (secondary N) is 1. The third-order valence-electron chi connectivity index (χ3n) is 4.02. The van der Waals surface area contributed by atoms with Gasteiger partial charge in [0, 0.05) is 23.2 Å². The molecule has 2 fully saturated rings. The first-order valence-corrected chi connectivity index (χ1v) is 8.60. The van der Waals surface area contributed by atoms with Gasteiger partial charge in [-0.15, -0.1) is 11.8 Å². The molecule has 1 saturated carbocycles. The number of urea groups is 1. The quantitative estimate of drug-likeness (QED) is 0.928. The van der Waals surface area contributed by atoms with Gasteiger partial charge < -0.3 is 15.0 Å². The first-order valence-electron chi connectivity index (χ1n) is 7.72. The number of carbonyl (C=O) groups is 1. The lowest BCUT2D eigenvalue weighted by molar-refractivity contribution is 0.0564. The maximum Gasteiger partial charge on any atom is 0.322 e. The van der Waals surface area contributed by atoms with Gasteiger partial charge in [-0.1, -0.05) is 25.0 Å². The van der Waals surface area contributed by atoms with Gasteiger partial charge in [-0.05, 0) is 25.0 Å². The predicted molar refractivity (Wildman–Crippen MR) is 86.0 cm³/mol. The average Bonchev–Trinajstić information content (AvgIpc) is 3.03. The van der Waals surface area contributed by atoms with Crippen LogP contribution in [0.5, 0.6) is 0 Å². The number of benzene rings is 1. The molecule has 3 rings (SSSR count). The summed E-state index contributed by atoms with van der Waals surface area (Å²) in [6.07, 6.45) is 5.24. The zero-order chi connectivity index (χ0) is 14.5. The van der Waals surface area contributed by atoms with Crippen molar-refractivity contribution in [2.24, 2.45) is 0 Å². The molecule has 1 aromatic rings. The summed E-state index contributed by atoms with van der Waals surface area (Å²) in [4.78, 5) is 15.3. The van der Waals surface area contributed by atoms with E-state index in [1.165, 1.54) is 30.6 Å². The Bertz CT molecular complexity index is 483. The van der Waals surface area contributed by atoms with Crippen molar-refractivity contribution < 1.29 is 9.53 Å². The third kappa shape index (κ3) is 3.92. The number of amides is 2. The number of hydrogen-bond donors (Lipinski definition) is 1. The van der Waals surface area contributed by atoms with Crippen molar-refractivity contribution in [3.8, 4) is 0 Å². The van der Waals surface area contributed by atoms with Crippen molar-refractivity contribution >= 4 is 23.5 Å². The van der Waals surface area contributed by atoms with E-state index in [4.69, 9.17) is 4.74 Å². The molecule has 1 aliphatic heterocycles. The zero-order valence-corrected chi connectivity index (χ0v) is 13.0. The van der Waals surface area contributed by atoms with Gasteiger partial charge in [0.2, 0.25) is 0 Å². The summed E-state index contributed by atoms with van der Waals surface area (Å²) in [5, 5.41) is 3.77. The minimum absolute atomic E-state index is 0.0160. The molecule has 21 heavy (non-hydrogen) atoms. The van der Waals surface area contributed by atoms with E-state index in [2.05, 4.69) is 11.4 Å². The van der Waals surface area contributed by atoms with Gasteiger partial charge in [-0.2, -0.15) is 0 Å². The second-order valence-corrected chi connectivity index (χ2v) is 6.89. The normalized spacial score (nSPS) is 19.7. The standard InChI is InChI=1S/C16H22N2O2S/c19-16(18-9-11-20-12-10-18)17-14-7-3-4-8-15(14)21-13-5-1-2-6-13/h3-4,7-8,13H,1-2,5-6,9-12H2,(H,17,19). The fraction of sp³-hybridized carbons (Fsp3) is 0.562. The molecular formula is C16H22N2O2S. The predicted octanol–water partition coefficient (Wildman–Crippen LogP) is 3.59. The highest BCUT2D eigenvalue weighted by molar-refractivity contribution is 8.00. The lowest BCUT2D eigenvalue weighted by Crippen LogP contribution is -2.43. The molecule has 2 aliphatic rings. The molecule has 1 N–H and O–H groups in total. The summed E-state index contributed by atoms with van der Waals surface area (Å²) >= 11 is 1.91. The van der Waals surface area contributed by atoms with Crippen molar-refractivity contribution in [1.29, 1.82) is 0 Å². The molecular weight excluding hydrogens is 284 g/mol. The van der Waals surface area contributed by atoms with Gasteiger partial charge in [0.15, 0.2) is 0 Å². The molecule has 1 aliphatic carbocycles. The number of ether oxygens (including phenoxy) is 1. The molecule has 0 atom stereocenters. The van der Waals surface area contributed by atoms with Crippen LogP contribution in [0.4, 0.5) is 10.5 Å². The minimum atomic E-state index is -0.0160. The van der Waals surface area contributed by atoms with Crippen LogP contribution in [0.15, 0.2) is 29.2 Å². The number of anilines is 1. The maximum atomic E-state index is 12.3. The molecule has 0 bridgehead atoms. The summed E-state index contributed by atoms with van der Waals surface area (Å²) in [5.74, 6) is 0. The Balaban J connectivity index is 1.65. The number of hydrogen-bond acceptors (Lipinski definition) is 3. The van der Waals surface area contributed by atoms with Crippen LogP contribution in [-0.4, -0.2) is 42.5 Å². The van der Waals surface area contributed by atoms with Crippen molar-refractivity contribution in [3.05, 3.63) is 24.3 Å². The summed E-state index contributed by atoms with van der Waals surface area (Å²) in [6.45, 7) is 2.60. The highest BCUT2D eigenvalue weighted by atomic mass is 32.2. The number of para-hydroxylation sites is 1. The number of morpholine rings is 1. The van der Waals surface area contributed by atoms with E-state index < -0.39 is 0 Å². The molecule has 0 radical (unpaired) electrons. The van der Waals surface area contributed by atoms with Crippen molar-refractivity contribution in [3.63, 3.8) is 0 Å². The largest absolute Gasteiger partial charge is 0.378 e. The van der Waals surface area contributed by atoms with Crippen molar-refractivity contribution in [2.75, 3.05) is 31.6 Å². The van der Waals surface area contributed by atoms with Gasteiger partial charge in [0.25, 0.3) is 0 Å². The Morgan fingerprint density at radius 3 is 2.67 bits per heavy atom. The number of rotatable bonds is 3. The fourth-order valence-corrected chi connectivity index (χ4v) is 4.15. The third-order valence-corrected chi connectivity index (χ3v) is 5.44. The van der Waals surface area contributed by atoms with Crippen LogP contribution in [0, 0.1) is 0 Å². The number of carbonyl (C=O) groups excluding carboxylic acids is 1. The number of nitrogens with zero attached hydrogens (tertiary/aromatic N) is 1. The van der Waals surface area contributed by atoms with Crippen molar-refractivity contribution in [1.82, 2.24) is 4.90 Å². The average molecular weight is 306 g/mol. The Hall–Kier alpha value is -1.20. The van der Waals surface area contributed by atoms with E-state index in [0.717, 1.165) is 5.69 Å². The van der Waals surface area contributed by atoms with Gasteiger partial charge >= 0.3 is 6.03 Å². The van der Waals surface area contributed by atoms with Gasteiger partial charge in [0.1, 0.15) is 0 Å². The second-order valence-electron chi connectivity index (χ2n) is 5.55. The summed E-state index contributed by atoms with van der Waals surface area (Å²) in [5.41, 5.74) is 0.936. The van der Waals surface area contributed by atoms with Gasteiger partial charge in [-0.25, -0.2) is 4.79 Å². The first-order chi connectivity index (χ1) is 10.3. The Labute approximate surface area is 130 Å². The molecule has 4 nitrogen and oxygen atoms in total. The van der Waals surface area contributed by atoms with Crippen LogP contribution in [-0.2, 0) is 4.74 Å². The van der Waals surface area contributed by atoms with Crippen LogP contribution in [0.2, 0.25) is 0 Å². The number of thioether (sulfide) groups is 1. The molecule has 114 valence electrons. The second kappa shape index (κ2) is 7.18. The minimum Gasteiger partial charge on any atom is -0.378 e. The Morgan fingerprint density at radius 1 is 1.19 bits per heavy atom. The van der Waals surface area contributed by atoms with Crippen LogP contribution in [0.1, 0.15) is 25.7 Å². The van der Waals surface area contributed by atoms with Crippen LogP contribution in [0.25, 0.3) is 0 Å². The summed E-state index contributed by atoms with van der Waals surface area (Å²) < 4.78 is 5.29. The smallest absolute Gasteiger partial charge is 0.322 e. The maximum absolute atomic E-state index is 12.3. The Kier molecular flexibility index (Phi) is 5.04. The van der Waals surface area contributed by atoms with E-state index in [0.29, 0.717) is 31.6 Å². The topological polar surface area (TPSA) is 41.6 Å². The van der Waals surface area contributed by atoms with Crippen LogP contribution >= 0.6 is 11.8 Å². The summed E-state index contributed by atoms with van der Waals surface area (Å²) in [7, 11) is 0. The lowest BCUT2D eigenvalue weighted by Gasteiger charge is -2.27. The van der Waals surface area contributed by atoms with E-state index in [9.17, 15) is 4.79 Å². The SMILES string of the molecule is O=C(Nc1ccccc1SC1CCCC1)N1CCOCC1. The van der Waals surface area contributed by atoms with Crippen molar-refractivity contribution in [2.45, 2.75) is 35.8 Å². The highest BCUT2D eigenvalue weighted by Gasteiger charge is 2.20. The fourth-order valence-electron chi connectivity index (χ4n) is 2.82. The van der Waals surface area contributed by atoms with Crippen LogP contribution < -0.4 is 5.32 Å². The van der Waals surface area contributed by atoms with E-state index in [1.54, 1.807) is 0 Å². The van der Waals surface area contributed by atoms with Crippen LogP contribution in [0.3, 0.4) is 0 Å².